The largest absolute Gasteiger partial charge is 0.385 e. The van der Waals surface area contributed by atoms with Crippen LogP contribution in [0.1, 0.15) is 25.1 Å². The highest BCUT2D eigenvalue weighted by molar-refractivity contribution is 9.10. The summed E-state index contributed by atoms with van der Waals surface area (Å²) < 4.78 is 8.36. The van der Waals surface area contributed by atoms with Crippen molar-refractivity contribution in [2.24, 2.45) is 0 Å². The SMILES string of the molecule is COCCCCCn1c(CCl)nc2ccc(Br)cc21. The Hall–Kier alpha value is -0.580. The molecule has 0 aliphatic carbocycles. The van der Waals surface area contributed by atoms with Gasteiger partial charge >= 0.3 is 0 Å². The third kappa shape index (κ3) is 3.71. The van der Waals surface area contributed by atoms with E-state index in [0.717, 1.165) is 53.7 Å². The average molecular weight is 346 g/mol. The Balaban J connectivity index is 2.13. The van der Waals surface area contributed by atoms with Crippen LogP contribution in [0.3, 0.4) is 0 Å². The lowest BCUT2D eigenvalue weighted by Gasteiger charge is -2.07. The molecule has 0 spiro atoms. The molecule has 2 rings (SSSR count). The van der Waals surface area contributed by atoms with E-state index < -0.39 is 0 Å². The number of nitrogens with zero attached hydrogens (tertiary/aromatic N) is 2. The molecule has 0 aliphatic rings. The zero-order valence-corrected chi connectivity index (χ0v) is 13.4. The van der Waals surface area contributed by atoms with Crippen LogP contribution in [-0.4, -0.2) is 23.3 Å². The number of methoxy groups -OCH3 is 1. The molecule has 0 aliphatic heterocycles. The average Bonchev–Trinajstić information content (AvgIpc) is 2.76. The monoisotopic (exact) mass is 344 g/mol. The van der Waals surface area contributed by atoms with Crippen LogP contribution in [0.15, 0.2) is 22.7 Å². The third-order valence-electron chi connectivity index (χ3n) is 3.14. The van der Waals surface area contributed by atoms with E-state index in [1.54, 1.807) is 7.11 Å². The second-order valence-corrected chi connectivity index (χ2v) is 5.68. The molecule has 1 heterocycles. The highest BCUT2D eigenvalue weighted by Crippen LogP contribution is 2.22. The van der Waals surface area contributed by atoms with Crippen LogP contribution >= 0.6 is 27.5 Å². The van der Waals surface area contributed by atoms with Gasteiger partial charge in [-0.2, -0.15) is 0 Å². The number of alkyl halides is 1. The maximum Gasteiger partial charge on any atom is 0.124 e. The first kappa shape index (κ1) is 14.8. The summed E-state index contributed by atoms with van der Waals surface area (Å²) in [6, 6.07) is 6.14. The van der Waals surface area contributed by atoms with Crippen LogP contribution in [0.25, 0.3) is 11.0 Å². The Morgan fingerprint density at radius 2 is 2.16 bits per heavy atom. The van der Waals surface area contributed by atoms with Gasteiger partial charge in [0.1, 0.15) is 5.82 Å². The van der Waals surface area contributed by atoms with E-state index in [-0.39, 0.29) is 0 Å². The number of fused-ring (bicyclic) bond motifs is 1. The Morgan fingerprint density at radius 3 is 2.89 bits per heavy atom. The molecule has 1 aromatic carbocycles. The summed E-state index contributed by atoms with van der Waals surface area (Å²) in [5.74, 6) is 1.39. The zero-order chi connectivity index (χ0) is 13.7. The van der Waals surface area contributed by atoms with Crippen molar-refractivity contribution in [3.63, 3.8) is 0 Å². The van der Waals surface area contributed by atoms with Crippen molar-refractivity contribution in [2.45, 2.75) is 31.7 Å². The fourth-order valence-corrected chi connectivity index (χ4v) is 2.74. The summed E-state index contributed by atoms with van der Waals surface area (Å²) in [7, 11) is 1.74. The predicted octanol–water partition coefficient (Wildman–Crippen LogP) is 4.35. The van der Waals surface area contributed by atoms with Crippen LogP contribution in [0.2, 0.25) is 0 Å². The van der Waals surface area contributed by atoms with E-state index >= 15 is 0 Å². The van der Waals surface area contributed by atoms with Crippen LogP contribution in [0, 0.1) is 0 Å². The molecule has 0 saturated carbocycles. The van der Waals surface area contributed by atoms with Crippen molar-refractivity contribution in [3.8, 4) is 0 Å². The summed E-state index contributed by atoms with van der Waals surface area (Å²) in [4.78, 5) is 4.57. The maximum atomic E-state index is 5.99. The molecule has 19 heavy (non-hydrogen) atoms. The van der Waals surface area contributed by atoms with Crippen molar-refractivity contribution < 1.29 is 4.74 Å². The van der Waals surface area contributed by atoms with Crippen LogP contribution in [-0.2, 0) is 17.2 Å². The molecular weight excluding hydrogens is 328 g/mol. The number of rotatable bonds is 7. The van der Waals surface area contributed by atoms with Gasteiger partial charge in [-0.1, -0.05) is 15.9 Å². The Labute approximate surface area is 127 Å². The predicted molar refractivity (Wildman–Crippen MR) is 82.7 cm³/mol. The van der Waals surface area contributed by atoms with Crippen molar-refractivity contribution >= 4 is 38.6 Å². The van der Waals surface area contributed by atoms with Gasteiger partial charge in [-0.15, -0.1) is 11.6 Å². The molecule has 2 aromatic rings. The topological polar surface area (TPSA) is 27.1 Å². The number of aryl methyl sites for hydroxylation is 1. The van der Waals surface area contributed by atoms with Crippen LogP contribution in [0.5, 0.6) is 0 Å². The van der Waals surface area contributed by atoms with Crippen LogP contribution in [0.4, 0.5) is 0 Å². The van der Waals surface area contributed by atoms with Gasteiger partial charge in [-0.05, 0) is 37.5 Å². The first-order valence-electron chi connectivity index (χ1n) is 6.46. The van der Waals surface area contributed by atoms with Crippen LogP contribution < -0.4 is 0 Å². The van der Waals surface area contributed by atoms with Crippen molar-refractivity contribution in [1.82, 2.24) is 9.55 Å². The summed E-state index contributed by atoms with van der Waals surface area (Å²) in [5.41, 5.74) is 2.16. The first-order chi connectivity index (χ1) is 9.26. The Morgan fingerprint density at radius 1 is 1.32 bits per heavy atom. The molecule has 1 aromatic heterocycles. The highest BCUT2D eigenvalue weighted by Gasteiger charge is 2.09. The van der Waals surface area contributed by atoms with E-state index in [0.29, 0.717) is 5.88 Å². The summed E-state index contributed by atoms with van der Waals surface area (Å²) in [6.07, 6.45) is 3.37. The Kier molecular flexibility index (Phi) is 5.67. The van der Waals surface area contributed by atoms with E-state index in [4.69, 9.17) is 16.3 Å². The molecule has 0 amide bonds. The normalized spacial score (nSPS) is 11.3. The fraction of sp³-hybridized carbons (Fsp3) is 0.500. The Bertz CT molecular complexity index is 541. The molecule has 0 bridgehead atoms. The lowest BCUT2D eigenvalue weighted by molar-refractivity contribution is 0.191. The number of aromatic nitrogens is 2. The second kappa shape index (κ2) is 7.27. The fourth-order valence-electron chi connectivity index (χ4n) is 2.19. The van der Waals surface area contributed by atoms with Gasteiger partial charge in [0.15, 0.2) is 0 Å². The van der Waals surface area contributed by atoms with Gasteiger partial charge in [-0.25, -0.2) is 4.98 Å². The third-order valence-corrected chi connectivity index (χ3v) is 3.87. The second-order valence-electron chi connectivity index (χ2n) is 4.50. The van der Waals surface area contributed by atoms with E-state index in [1.807, 2.05) is 12.1 Å². The molecule has 5 heteroatoms. The lowest BCUT2D eigenvalue weighted by atomic mass is 10.2. The minimum absolute atomic E-state index is 0.449. The number of hydrogen-bond acceptors (Lipinski definition) is 2. The number of benzene rings is 1. The van der Waals surface area contributed by atoms with E-state index in [1.165, 1.54) is 0 Å². The van der Waals surface area contributed by atoms with E-state index in [9.17, 15) is 0 Å². The van der Waals surface area contributed by atoms with Gasteiger partial charge in [-0.3, -0.25) is 0 Å². The zero-order valence-electron chi connectivity index (χ0n) is 11.0. The van der Waals surface area contributed by atoms with Gasteiger partial charge in [0, 0.05) is 24.7 Å². The summed E-state index contributed by atoms with van der Waals surface area (Å²) >= 11 is 9.50. The first-order valence-corrected chi connectivity index (χ1v) is 7.78. The maximum absolute atomic E-state index is 5.99. The van der Waals surface area contributed by atoms with Crippen molar-refractivity contribution in [1.29, 1.82) is 0 Å². The molecule has 104 valence electrons. The van der Waals surface area contributed by atoms with Gasteiger partial charge in [0.05, 0.1) is 16.9 Å². The number of imidazole rings is 1. The number of hydrogen-bond donors (Lipinski definition) is 0. The van der Waals surface area contributed by atoms with Gasteiger partial charge < -0.3 is 9.30 Å². The minimum atomic E-state index is 0.449. The molecule has 0 unspecified atom stereocenters. The summed E-state index contributed by atoms with van der Waals surface area (Å²) in [6.45, 7) is 1.79. The highest BCUT2D eigenvalue weighted by atomic mass is 79.9. The minimum Gasteiger partial charge on any atom is -0.385 e. The molecule has 0 radical (unpaired) electrons. The van der Waals surface area contributed by atoms with Gasteiger partial charge in [0.2, 0.25) is 0 Å². The summed E-state index contributed by atoms with van der Waals surface area (Å²) in [5, 5.41) is 0. The van der Waals surface area contributed by atoms with E-state index in [2.05, 4.69) is 31.5 Å². The lowest BCUT2D eigenvalue weighted by Crippen LogP contribution is -2.03. The quantitative estimate of drug-likeness (QED) is 0.551. The number of ether oxygens (including phenoxy) is 1. The smallest absolute Gasteiger partial charge is 0.124 e. The molecule has 3 nitrogen and oxygen atoms in total. The molecule has 0 atom stereocenters. The number of halogens is 2. The van der Waals surface area contributed by atoms with Crippen molar-refractivity contribution in [2.75, 3.05) is 13.7 Å². The standard InChI is InChI=1S/C14H18BrClN2O/c1-19-8-4-2-3-7-18-13-9-11(15)5-6-12(13)17-14(18)10-16/h5-6,9H,2-4,7-8,10H2,1H3. The van der Waals surface area contributed by atoms with Gasteiger partial charge in [0.25, 0.3) is 0 Å². The molecule has 0 saturated heterocycles. The molecule has 0 fully saturated rings. The number of unbranched alkanes of at least 4 members (excludes halogenated alkanes) is 2. The molecular formula is C14H18BrClN2O. The van der Waals surface area contributed by atoms with Crippen molar-refractivity contribution in [3.05, 3.63) is 28.5 Å². The molecule has 0 N–H and O–H groups in total.